The van der Waals surface area contributed by atoms with Crippen molar-refractivity contribution in [3.05, 3.63) is 180 Å². The molecule has 10 rings (SSSR count). The molecule has 220 valence electrons. The summed E-state index contributed by atoms with van der Waals surface area (Å²) in [6, 6.07) is 58.3. The Kier molecular flexibility index (Phi) is 5.77. The third kappa shape index (κ3) is 3.96. The number of benzene rings is 8. The molecule has 1 heterocycles. The molecule has 47 heavy (non-hydrogen) atoms. The maximum Gasteiger partial charge on any atom is 0.0541 e. The first-order valence-corrected chi connectivity index (χ1v) is 16.6. The van der Waals surface area contributed by atoms with Gasteiger partial charge in [0.2, 0.25) is 0 Å². The second kappa shape index (κ2) is 10.3. The zero-order valence-electron chi connectivity index (χ0n) is 25.9. The quantitative estimate of drug-likeness (QED) is 0.179. The van der Waals surface area contributed by atoms with Crippen molar-refractivity contribution in [1.29, 1.82) is 0 Å². The van der Waals surface area contributed by atoms with E-state index in [9.17, 15) is 0 Å². The van der Waals surface area contributed by atoms with Crippen LogP contribution in [0.2, 0.25) is 0 Å². The molecular weight excluding hydrogens is 567 g/mol. The van der Waals surface area contributed by atoms with E-state index in [0.29, 0.717) is 0 Å². The fraction of sp³-hybridized carbons (Fsp3) is 0.0435. The number of para-hydroxylation sites is 2. The monoisotopic (exact) mass is 597 g/mol. The topological polar surface area (TPSA) is 4.93 Å². The number of fused-ring (bicyclic) bond motifs is 9. The van der Waals surface area contributed by atoms with E-state index in [-0.39, 0.29) is 0 Å². The Balaban J connectivity index is 1.27. The lowest BCUT2D eigenvalue weighted by Gasteiger charge is -2.21. The van der Waals surface area contributed by atoms with Crippen LogP contribution in [0.4, 0.5) is 0 Å². The number of hydrogen-bond donors (Lipinski definition) is 0. The Hall–Kier alpha value is -5.92. The van der Waals surface area contributed by atoms with Gasteiger partial charge in [0.05, 0.1) is 11.0 Å². The Morgan fingerprint density at radius 1 is 0.426 bits per heavy atom. The van der Waals surface area contributed by atoms with Gasteiger partial charge in [-0.2, -0.15) is 0 Å². The highest BCUT2D eigenvalue weighted by molar-refractivity contribution is 6.25. The van der Waals surface area contributed by atoms with E-state index in [1.165, 1.54) is 93.2 Å². The molecule has 1 aliphatic carbocycles. The van der Waals surface area contributed by atoms with Crippen molar-refractivity contribution in [3.63, 3.8) is 0 Å². The van der Waals surface area contributed by atoms with E-state index in [4.69, 9.17) is 0 Å². The van der Waals surface area contributed by atoms with E-state index in [2.05, 4.69) is 168 Å². The average molecular weight is 598 g/mol. The maximum atomic E-state index is 2.46. The molecule has 0 radical (unpaired) electrons. The summed E-state index contributed by atoms with van der Waals surface area (Å²) in [7, 11) is 0. The van der Waals surface area contributed by atoms with Crippen molar-refractivity contribution in [1.82, 2.24) is 4.57 Å². The molecule has 1 aromatic heterocycles. The van der Waals surface area contributed by atoms with Gasteiger partial charge < -0.3 is 4.57 Å². The summed E-state index contributed by atoms with van der Waals surface area (Å²) in [6.45, 7) is 0. The minimum atomic E-state index is 1.07. The van der Waals surface area contributed by atoms with Crippen LogP contribution in [0, 0.1) is 0 Å². The summed E-state index contributed by atoms with van der Waals surface area (Å²) in [5.41, 5.74) is 11.6. The fourth-order valence-corrected chi connectivity index (χ4v) is 8.18. The van der Waals surface area contributed by atoms with Gasteiger partial charge in [0.25, 0.3) is 0 Å². The highest BCUT2D eigenvalue weighted by Gasteiger charge is 2.20. The Bertz CT molecular complexity index is 2720. The molecule has 0 N–H and O–H groups in total. The molecule has 8 aromatic carbocycles. The number of allylic oxidation sites excluding steroid dienone is 1. The minimum Gasteiger partial charge on any atom is -0.309 e. The molecule has 0 spiro atoms. The van der Waals surface area contributed by atoms with Crippen LogP contribution in [0.1, 0.15) is 23.1 Å². The van der Waals surface area contributed by atoms with Crippen molar-refractivity contribution >= 4 is 59.7 Å². The number of rotatable bonds is 3. The third-order valence-corrected chi connectivity index (χ3v) is 10.2. The van der Waals surface area contributed by atoms with Crippen molar-refractivity contribution < 1.29 is 0 Å². The van der Waals surface area contributed by atoms with E-state index in [1.54, 1.807) is 0 Å². The van der Waals surface area contributed by atoms with Crippen molar-refractivity contribution in [2.24, 2.45) is 0 Å². The second-order valence-corrected chi connectivity index (χ2v) is 12.8. The number of aryl methyl sites for hydroxylation is 1. The third-order valence-electron chi connectivity index (χ3n) is 10.2. The first-order chi connectivity index (χ1) is 23.3. The number of aromatic nitrogens is 1. The molecule has 0 atom stereocenters. The summed E-state index contributed by atoms with van der Waals surface area (Å²) >= 11 is 0. The summed E-state index contributed by atoms with van der Waals surface area (Å²) in [6.07, 6.45) is 4.62. The van der Waals surface area contributed by atoms with Crippen LogP contribution in [0.3, 0.4) is 0 Å². The van der Waals surface area contributed by atoms with E-state index < -0.39 is 0 Å². The van der Waals surface area contributed by atoms with Crippen LogP contribution in [0.15, 0.2) is 164 Å². The van der Waals surface area contributed by atoms with Crippen molar-refractivity contribution in [2.45, 2.75) is 12.8 Å². The van der Waals surface area contributed by atoms with Crippen LogP contribution in [-0.4, -0.2) is 4.57 Å². The Morgan fingerprint density at radius 3 is 1.85 bits per heavy atom. The second-order valence-electron chi connectivity index (χ2n) is 12.8. The summed E-state index contributed by atoms with van der Waals surface area (Å²) in [5, 5.41) is 10.4. The Labute approximate surface area is 273 Å². The van der Waals surface area contributed by atoms with E-state index in [0.717, 1.165) is 12.8 Å². The average Bonchev–Trinajstić information content (AvgIpc) is 3.48. The maximum absolute atomic E-state index is 2.46. The summed E-state index contributed by atoms with van der Waals surface area (Å²) < 4.78 is 2.39. The lowest BCUT2D eigenvalue weighted by atomic mass is 9.82. The van der Waals surface area contributed by atoms with Crippen molar-refractivity contribution in [3.8, 4) is 16.8 Å². The molecule has 0 saturated carbocycles. The first-order valence-electron chi connectivity index (χ1n) is 16.6. The zero-order chi connectivity index (χ0) is 30.9. The zero-order valence-corrected chi connectivity index (χ0v) is 25.9. The number of nitrogens with zero attached hydrogens (tertiary/aromatic N) is 1. The summed E-state index contributed by atoms with van der Waals surface area (Å²) in [5.74, 6) is 0. The minimum absolute atomic E-state index is 1.07. The standard InChI is InChI=1S/C46H31N/c1-2-15-33(16-3-1)47-44-24-11-10-20-38(44)43-27-31(25-26-45(43)47)41-28-32-29-42(35-23-12-14-30-13-4-5-17-34(30)35)37-19-7-9-22-40(37)46(32)39-21-8-6-18-36(39)41/h1-11,13,15-29H,12,14H2. The highest BCUT2D eigenvalue weighted by Crippen LogP contribution is 2.44. The fourth-order valence-electron chi connectivity index (χ4n) is 8.18. The van der Waals surface area contributed by atoms with E-state index in [1.807, 2.05) is 0 Å². The smallest absolute Gasteiger partial charge is 0.0541 e. The van der Waals surface area contributed by atoms with Crippen LogP contribution in [0.5, 0.6) is 0 Å². The van der Waals surface area contributed by atoms with Gasteiger partial charge in [-0.25, -0.2) is 0 Å². The molecule has 1 nitrogen and oxygen atoms in total. The SMILES string of the molecule is C1=C(c2cc3cc(-c4ccc5c(c4)c4ccccc4n5-c4ccccc4)c4ccccc4c3c3ccccc23)c2ccccc2CC1. The van der Waals surface area contributed by atoms with Gasteiger partial charge in [0.1, 0.15) is 0 Å². The lowest BCUT2D eigenvalue weighted by molar-refractivity contribution is 0.978. The largest absolute Gasteiger partial charge is 0.309 e. The number of hydrogen-bond acceptors (Lipinski definition) is 0. The van der Waals surface area contributed by atoms with Crippen LogP contribution in [0.25, 0.3) is 76.5 Å². The molecule has 0 amide bonds. The van der Waals surface area contributed by atoms with Gasteiger partial charge in [0.15, 0.2) is 0 Å². The molecule has 0 unspecified atom stereocenters. The van der Waals surface area contributed by atoms with Crippen LogP contribution >= 0.6 is 0 Å². The lowest BCUT2D eigenvalue weighted by Crippen LogP contribution is -2.01. The molecule has 0 fully saturated rings. The molecule has 0 bridgehead atoms. The van der Waals surface area contributed by atoms with Gasteiger partial charge in [-0.15, -0.1) is 0 Å². The molecule has 1 heteroatoms. The molecule has 9 aromatic rings. The van der Waals surface area contributed by atoms with Gasteiger partial charge >= 0.3 is 0 Å². The van der Waals surface area contributed by atoms with Gasteiger partial charge in [-0.05, 0) is 121 Å². The summed E-state index contributed by atoms with van der Waals surface area (Å²) in [4.78, 5) is 0. The predicted octanol–water partition coefficient (Wildman–Crippen LogP) is 12.3. The molecule has 1 aliphatic rings. The molecular formula is C46H31N. The van der Waals surface area contributed by atoms with Gasteiger partial charge in [0, 0.05) is 16.5 Å². The molecule has 0 saturated heterocycles. The first kappa shape index (κ1) is 26.3. The van der Waals surface area contributed by atoms with Crippen LogP contribution in [-0.2, 0) is 6.42 Å². The molecule has 0 aliphatic heterocycles. The normalized spacial score (nSPS) is 13.1. The Morgan fingerprint density at radius 2 is 1.04 bits per heavy atom. The van der Waals surface area contributed by atoms with Crippen LogP contribution < -0.4 is 0 Å². The van der Waals surface area contributed by atoms with Gasteiger partial charge in [-0.3, -0.25) is 0 Å². The van der Waals surface area contributed by atoms with E-state index >= 15 is 0 Å². The highest BCUT2D eigenvalue weighted by atomic mass is 15.0. The van der Waals surface area contributed by atoms with Gasteiger partial charge in [-0.1, -0.05) is 121 Å². The van der Waals surface area contributed by atoms with Crippen molar-refractivity contribution in [2.75, 3.05) is 0 Å². The predicted molar refractivity (Wildman–Crippen MR) is 201 cm³/mol.